The maximum Gasteiger partial charge on any atom is 0.0416 e. The van der Waals surface area contributed by atoms with E-state index in [1.54, 1.807) is 0 Å². The van der Waals surface area contributed by atoms with Gasteiger partial charge in [-0.2, -0.15) is 0 Å². The summed E-state index contributed by atoms with van der Waals surface area (Å²) in [5.74, 6) is 0. The summed E-state index contributed by atoms with van der Waals surface area (Å²) in [4.78, 5) is 7.16. The summed E-state index contributed by atoms with van der Waals surface area (Å²) >= 11 is 0. The SMILES string of the molecule is CNC1CC2CCC(C1)N2CCc1ccccn1. The predicted octanol–water partition coefficient (Wildman–Crippen LogP) is 1.84. The molecule has 18 heavy (non-hydrogen) atoms. The second-order valence-corrected chi connectivity index (χ2v) is 5.65. The number of nitrogens with one attached hydrogen (secondary N) is 1. The molecular weight excluding hydrogens is 222 g/mol. The van der Waals surface area contributed by atoms with Crippen molar-refractivity contribution in [1.29, 1.82) is 0 Å². The number of nitrogens with zero attached hydrogens (tertiary/aromatic N) is 2. The molecule has 0 saturated carbocycles. The quantitative estimate of drug-likeness (QED) is 0.877. The van der Waals surface area contributed by atoms with Crippen LogP contribution in [0.15, 0.2) is 24.4 Å². The summed E-state index contributed by atoms with van der Waals surface area (Å²) in [6.45, 7) is 1.18. The van der Waals surface area contributed by atoms with Gasteiger partial charge in [0.1, 0.15) is 0 Å². The highest BCUT2D eigenvalue weighted by Crippen LogP contribution is 2.35. The Balaban J connectivity index is 1.58. The minimum Gasteiger partial charge on any atom is -0.317 e. The van der Waals surface area contributed by atoms with Gasteiger partial charge in [-0.05, 0) is 44.9 Å². The first kappa shape index (κ1) is 12.1. The van der Waals surface area contributed by atoms with Crippen molar-refractivity contribution in [3.63, 3.8) is 0 Å². The van der Waals surface area contributed by atoms with Gasteiger partial charge < -0.3 is 5.32 Å². The van der Waals surface area contributed by atoms with Crippen LogP contribution in [0.3, 0.4) is 0 Å². The second-order valence-electron chi connectivity index (χ2n) is 5.65. The summed E-state index contributed by atoms with van der Waals surface area (Å²) < 4.78 is 0. The van der Waals surface area contributed by atoms with Crippen molar-refractivity contribution in [2.24, 2.45) is 0 Å². The summed E-state index contributed by atoms with van der Waals surface area (Å²) in [5, 5.41) is 3.46. The van der Waals surface area contributed by atoms with Crippen molar-refractivity contribution in [1.82, 2.24) is 15.2 Å². The Bertz CT molecular complexity index is 365. The molecule has 0 amide bonds. The van der Waals surface area contributed by atoms with Crippen LogP contribution in [0.1, 0.15) is 31.4 Å². The Hall–Kier alpha value is -0.930. The standard InChI is InChI=1S/C15H23N3/c1-16-13-10-14-5-6-15(11-13)18(14)9-7-12-4-2-3-8-17-12/h2-4,8,13-16H,5-7,9-11H2,1H3. The molecular formula is C15H23N3. The molecule has 2 unspecified atom stereocenters. The van der Waals surface area contributed by atoms with E-state index in [1.807, 2.05) is 12.3 Å². The molecule has 3 nitrogen and oxygen atoms in total. The number of hydrogen-bond acceptors (Lipinski definition) is 3. The van der Waals surface area contributed by atoms with Crippen molar-refractivity contribution in [3.05, 3.63) is 30.1 Å². The molecule has 0 aromatic carbocycles. The maximum absolute atomic E-state index is 4.43. The lowest BCUT2D eigenvalue weighted by molar-refractivity contribution is 0.120. The van der Waals surface area contributed by atoms with Crippen LogP contribution in [0.25, 0.3) is 0 Å². The highest BCUT2D eigenvalue weighted by atomic mass is 15.2. The molecule has 0 aliphatic carbocycles. The van der Waals surface area contributed by atoms with Crippen molar-refractivity contribution >= 4 is 0 Å². The summed E-state index contributed by atoms with van der Waals surface area (Å²) in [5.41, 5.74) is 1.23. The van der Waals surface area contributed by atoms with E-state index in [4.69, 9.17) is 0 Å². The predicted molar refractivity (Wildman–Crippen MR) is 73.5 cm³/mol. The molecule has 3 heteroatoms. The third-order valence-electron chi connectivity index (χ3n) is 4.64. The van der Waals surface area contributed by atoms with Gasteiger partial charge in [-0.3, -0.25) is 9.88 Å². The molecule has 1 N–H and O–H groups in total. The molecule has 98 valence electrons. The zero-order valence-electron chi connectivity index (χ0n) is 11.2. The van der Waals surface area contributed by atoms with Crippen LogP contribution in [-0.2, 0) is 6.42 Å². The van der Waals surface area contributed by atoms with E-state index in [-0.39, 0.29) is 0 Å². The second kappa shape index (κ2) is 5.37. The third-order valence-corrected chi connectivity index (χ3v) is 4.64. The van der Waals surface area contributed by atoms with Gasteiger partial charge in [0.2, 0.25) is 0 Å². The fraction of sp³-hybridized carbons (Fsp3) is 0.667. The Kier molecular flexibility index (Phi) is 3.62. The van der Waals surface area contributed by atoms with Crippen molar-refractivity contribution < 1.29 is 0 Å². The van der Waals surface area contributed by atoms with Crippen molar-refractivity contribution in [2.75, 3.05) is 13.6 Å². The minimum atomic E-state index is 0.744. The molecule has 2 bridgehead atoms. The van der Waals surface area contributed by atoms with E-state index in [2.05, 4.69) is 34.4 Å². The fourth-order valence-corrected chi connectivity index (χ4v) is 3.66. The van der Waals surface area contributed by atoms with Gasteiger partial charge in [0.25, 0.3) is 0 Å². The van der Waals surface area contributed by atoms with Crippen LogP contribution in [0.5, 0.6) is 0 Å². The Morgan fingerprint density at radius 1 is 1.28 bits per heavy atom. The minimum absolute atomic E-state index is 0.744. The molecule has 0 spiro atoms. The molecule has 3 rings (SSSR count). The van der Waals surface area contributed by atoms with E-state index < -0.39 is 0 Å². The largest absolute Gasteiger partial charge is 0.317 e. The molecule has 1 aromatic rings. The van der Waals surface area contributed by atoms with Crippen molar-refractivity contribution in [2.45, 2.75) is 50.2 Å². The summed E-state index contributed by atoms with van der Waals surface area (Å²) in [6, 6.07) is 8.58. The normalized spacial score (nSPS) is 31.7. The zero-order valence-corrected chi connectivity index (χ0v) is 11.2. The Morgan fingerprint density at radius 3 is 2.67 bits per heavy atom. The first-order chi connectivity index (χ1) is 8.86. The van der Waals surface area contributed by atoms with Crippen LogP contribution in [0.2, 0.25) is 0 Å². The first-order valence-electron chi connectivity index (χ1n) is 7.19. The molecule has 1 aromatic heterocycles. The molecule has 2 atom stereocenters. The number of hydrogen-bond donors (Lipinski definition) is 1. The summed E-state index contributed by atoms with van der Waals surface area (Å²) in [7, 11) is 2.10. The third kappa shape index (κ3) is 2.43. The number of fused-ring (bicyclic) bond motifs is 2. The van der Waals surface area contributed by atoms with E-state index in [0.717, 1.165) is 24.5 Å². The van der Waals surface area contributed by atoms with Gasteiger partial charge in [0.05, 0.1) is 0 Å². The highest BCUT2D eigenvalue weighted by Gasteiger charge is 2.39. The average Bonchev–Trinajstić information content (AvgIpc) is 2.66. The highest BCUT2D eigenvalue weighted by molar-refractivity contribution is 5.05. The fourth-order valence-electron chi connectivity index (χ4n) is 3.66. The van der Waals surface area contributed by atoms with E-state index in [1.165, 1.54) is 37.9 Å². The van der Waals surface area contributed by atoms with Gasteiger partial charge in [-0.15, -0.1) is 0 Å². The lowest BCUT2D eigenvalue weighted by Crippen LogP contribution is -2.48. The van der Waals surface area contributed by atoms with Gasteiger partial charge in [-0.25, -0.2) is 0 Å². The molecule has 2 aliphatic heterocycles. The molecule has 2 fully saturated rings. The average molecular weight is 245 g/mol. The van der Waals surface area contributed by atoms with Crippen molar-refractivity contribution in [3.8, 4) is 0 Å². The molecule has 2 aliphatic rings. The van der Waals surface area contributed by atoms with Crippen LogP contribution >= 0.6 is 0 Å². The van der Waals surface area contributed by atoms with Gasteiger partial charge >= 0.3 is 0 Å². The number of rotatable bonds is 4. The number of pyridine rings is 1. The molecule has 2 saturated heterocycles. The number of aromatic nitrogens is 1. The van der Waals surface area contributed by atoms with Crippen LogP contribution in [0.4, 0.5) is 0 Å². The Labute approximate surface area is 110 Å². The number of piperidine rings is 1. The monoisotopic (exact) mass is 245 g/mol. The Morgan fingerprint density at radius 2 is 2.06 bits per heavy atom. The van der Waals surface area contributed by atoms with Crippen LogP contribution < -0.4 is 5.32 Å². The van der Waals surface area contributed by atoms with Gasteiger partial charge in [0.15, 0.2) is 0 Å². The lowest BCUT2D eigenvalue weighted by atomic mass is 9.97. The van der Waals surface area contributed by atoms with Gasteiger partial charge in [0, 0.05) is 43.0 Å². The van der Waals surface area contributed by atoms with Crippen LogP contribution in [0, 0.1) is 0 Å². The maximum atomic E-state index is 4.43. The van der Waals surface area contributed by atoms with E-state index in [9.17, 15) is 0 Å². The zero-order chi connectivity index (χ0) is 12.4. The first-order valence-corrected chi connectivity index (χ1v) is 7.19. The molecule has 3 heterocycles. The smallest absolute Gasteiger partial charge is 0.0416 e. The van der Waals surface area contributed by atoms with Crippen LogP contribution in [-0.4, -0.2) is 41.6 Å². The summed E-state index contributed by atoms with van der Waals surface area (Å²) in [6.07, 6.45) is 8.44. The van der Waals surface area contributed by atoms with E-state index in [0.29, 0.717) is 0 Å². The lowest BCUT2D eigenvalue weighted by Gasteiger charge is -2.38. The molecule has 0 radical (unpaired) electrons. The van der Waals surface area contributed by atoms with E-state index >= 15 is 0 Å². The topological polar surface area (TPSA) is 28.2 Å². The van der Waals surface area contributed by atoms with Gasteiger partial charge in [-0.1, -0.05) is 6.07 Å².